The zero-order valence-corrected chi connectivity index (χ0v) is 13.1. The van der Waals surface area contributed by atoms with E-state index in [0.717, 1.165) is 18.0 Å². The Balaban J connectivity index is 1.66. The molecule has 3 unspecified atom stereocenters. The number of nitrogens with one attached hydrogen (secondary N) is 1. The molecule has 3 rings (SSSR count). The van der Waals surface area contributed by atoms with Crippen LogP contribution in [-0.4, -0.2) is 37.1 Å². The van der Waals surface area contributed by atoms with E-state index in [1.165, 1.54) is 43.2 Å². The van der Waals surface area contributed by atoms with E-state index in [9.17, 15) is 0 Å². The van der Waals surface area contributed by atoms with Crippen molar-refractivity contribution in [3.05, 3.63) is 35.4 Å². The Hall–Kier alpha value is -0.860. The van der Waals surface area contributed by atoms with Gasteiger partial charge in [0, 0.05) is 18.1 Å². The Labute approximate surface area is 123 Å². The maximum absolute atomic E-state index is 3.60. The van der Waals surface area contributed by atoms with Crippen LogP contribution in [0, 0.1) is 12.8 Å². The lowest BCUT2D eigenvalue weighted by Crippen LogP contribution is -2.47. The lowest BCUT2D eigenvalue weighted by molar-refractivity contribution is 0.114. The Morgan fingerprint density at radius 3 is 2.30 bits per heavy atom. The normalized spacial score (nSPS) is 31.4. The van der Waals surface area contributed by atoms with E-state index in [0.29, 0.717) is 6.04 Å². The number of benzene rings is 1. The van der Waals surface area contributed by atoms with Gasteiger partial charge in [0.2, 0.25) is 0 Å². The highest BCUT2D eigenvalue weighted by Gasteiger charge is 2.40. The van der Waals surface area contributed by atoms with E-state index >= 15 is 0 Å². The Morgan fingerprint density at radius 2 is 1.75 bits per heavy atom. The minimum absolute atomic E-state index is 0.634. The minimum Gasteiger partial charge on any atom is -0.316 e. The van der Waals surface area contributed by atoms with Gasteiger partial charge in [-0.05, 0) is 64.6 Å². The topological polar surface area (TPSA) is 15.3 Å². The van der Waals surface area contributed by atoms with Crippen LogP contribution in [0.3, 0.4) is 0 Å². The molecule has 2 heterocycles. The van der Waals surface area contributed by atoms with Crippen LogP contribution in [-0.2, 0) is 6.42 Å². The molecule has 110 valence electrons. The minimum atomic E-state index is 0.634. The fourth-order valence-corrected chi connectivity index (χ4v) is 4.26. The van der Waals surface area contributed by atoms with Crippen molar-refractivity contribution in [2.45, 2.75) is 57.2 Å². The zero-order valence-electron chi connectivity index (χ0n) is 13.1. The standard InChI is InChI=1S/C18H28N2/c1-13-4-6-14(7-5-13)10-18(19-2)15-11-16-8-9-17(12-15)20(16)3/h4-7,15-19H,8-12H2,1-3H3. The molecular weight excluding hydrogens is 244 g/mol. The predicted octanol–water partition coefficient (Wildman–Crippen LogP) is 3.00. The number of piperidine rings is 1. The van der Waals surface area contributed by atoms with E-state index in [-0.39, 0.29) is 0 Å². The number of aryl methyl sites for hydroxylation is 1. The van der Waals surface area contributed by atoms with Crippen molar-refractivity contribution >= 4 is 0 Å². The third-order valence-electron chi connectivity index (χ3n) is 5.65. The van der Waals surface area contributed by atoms with E-state index in [4.69, 9.17) is 0 Å². The lowest BCUT2D eigenvalue weighted by Gasteiger charge is -2.40. The number of rotatable bonds is 4. The van der Waals surface area contributed by atoms with Gasteiger partial charge in [-0.15, -0.1) is 0 Å². The molecule has 1 N–H and O–H groups in total. The molecule has 2 nitrogen and oxygen atoms in total. The van der Waals surface area contributed by atoms with Crippen LogP contribution in [0.15, 0.2) is 24.3 Å². The maximum Gasteiger partial charge on any atom is 0.0134 e. The molecule has 0 radical (unpaired) electrons. The van der Waals surface area contributed by atoms with E-state index < -0.39 is 0 Å². The fraction of sp³-hybridized carbons (Fsp3) is 0.667. The number of nitrogens with zero attached hydrogens (tertiary/aromatic N) is 1. The van der Waals surface area contributed by atoms with Crippen LogP contribution < -0.4 is 5.32 Å². The van der Waals surface area contributed by atoms with Crippen LogP contribution in [0.4, 0.5) is 0 Å². The number of fused-ring (bicyclic) bond motifs is 2. The highest BCUT2D eigenvalue weighted by Crippen LogP contribution is 2.39. The van der Waals surface area contributed by atoms with Gasteiger partial charge >= 0.3 is 0 Å². The van der Waals surface area contributed by atoms with Gasteiger partial charge in [-0.1, -0.05) is 29.8 Å². The molecule has 2 saturated heterocycles. The number of likely N-dealkylation sites (N-methyl/N-ethyl adjacent to an activating group) is 1. The molecule has 20 heavy (non-hydrogen) atoms. The van der Waals surface area contributed by atoms with Gasteiger partial charge in [0.15, 0.2) is 0 Å². The van der Waals surface area contributed by atoms with Crippen molar-refractivity contribution in [1.29, 1.82) is 0 Å². The maximum atomic E-state index is 3.60. The van der Waals surface area contributed by atoms with E-state index in [2.05, 4.69) is 55.5 Å². The molecule has 2 fully saturated rings. The molecule has 2 heteroatoms. The molecule has 2 aliphatic rings. The van der Waals surface area contributed by atoms with Gasteiger partial charge in [0.1, 0.15) is 0 Å². The molecule has 2 aliphatic heterocycles. The molecule has 1 aromatic carbocycles. The fourth-order valence-electron chi connectivity index (χ4n) is 4.26. The Morgan fingerprint density at radius 1 is 1.15 bits per heavy atom. The summed E-state index contributed by atoms with van der Waals surface area (Å²) in [5, 5.41) is 3.60. The first-order valence-corrected chi connectivity index (χ1v) is 8.12. The first kappa shape index (κ1) is 14.1. The zero-order chi connectivity index (χ0) is 14.1. The van der Waals surface area contributed by atoms with Gasteiger partial charge < -0.3 is 10.2 Å². The van der Waals surface area contributed by atoms with E-state index in [1.807, 2.05) is 0 Å². The molecule has 0 aliphatic carbocycles. The third kappa shape index (κ3) is 2.77. The second-order valence-electron chi connectivity index (χ2n) is 6.87. The SMILES string of the molecule is CNC(Cc1ccc(C)cc1)C1CC2CCC(C1)N2C. The summed E-state index contributed by atoms with van der Waals surface area (Å²) < 4.78 is 0. The highest BCUT2D eigenvalue weighted by molar-refractivity contribution is 5.22. The van der Waals surface area contributed by atoms with Gasteiger partial charge in [-0.25, -0.2) is 0 Å². The van der Waals surface area contributed by atoms with Crippen molar-refractivity contribution in [1.82, 2.24) is 10.2 Å². The molecule has 0 saturated carbocycles. The summed E-state index contributed by atoms with van der Waals surface area (Å²) in [5.41, 5.74) is 2.83. The van der Waals surface area contributed by atoms with Gasteiger partial charge in [-0.3, -0.25) is 0 Å². The summed E-state index contributed by atoms with van der Waals surface area (Å²) >= 11 is 0. The predicted molar refractivity (Wildman–Crippen MR) is 85.0 cm³/mol. The second-order valence-corrected chi connectivity index (χ2v) is 6.87. The van der Waals surface area contributed by atoms with Gasteiger partial charge in [0.25, 0.3) is 0 Å². The molecule has 0 spiro atoms. The number of hydrogen-bond donors (Lipinski definition) is 1. The van der Waals surface area contributed by atoms with Crippen LogP contribution in [0.25, 0.3) is 0 Å². The van der Waals surface area contributed by atoms with Gasteiger partial charge in [0.05, 0.1) is 0 Å². The van der Waals surface area contributed by atoms with Crippen LogP contribution in [0.5, 0.6) is 0 Å². The summed E-state index contributed by atoms with van der Waals surface area (Å²) in [5.74, 6) is 0.843. The average molecular weight is 272 g/mol. The van der Waals surface area contributed by atoms with E-state index in [1.54, 1.807) is 0 Å². The quantitative estimate of drug-likeness (QED) is 0.906. The Kier molecular flexibility index (Phi) is 4.13. The molecule has 0 amide bonds. The largest absolute Gasteiger partial charge is 0.316 e. The molecular formula is C18H28N2. The van der Waals surface area contributed by atoms with Gasteiger partial charge in [-0.2, -0.15) is 0 Å². The van der Waals surface area contributed by atoms with Crippen molar-refractivity contribution in [3.8, 4) is 0 Å². The van der Waals surface area contributed by atoms with Crippen molar-refractivity contribution in [3.63, 3.8) is 0 Å². The molecule has 2 bridgehead atoms. The Bertz CT molecular complexity index is 425. The smallest absolute Gasteiger partial charge is 0.0134 e. The first-order chi connectivity index (χ1) is 9.67. The summed E-state index contributed by atoms with van der Waals surface area (Å²) in [4.78, 5) is 2.63. The monoisotopic (exact) mass is 272 g/mol. The summed E-state index contributed by atoms with van der Waals surface area (Å²) in [6.07, 6.45) is 6.76. The van der Waals surface area contributed by atoms with Crippen molar-refractivity contribution in [2.24, 2.45) is 5.92 Å². The second kappa shape index (κ2) is 5.87. The third-order valence-corrected chi connectivity index (χ3v) is 5.65. The summed E-state index contributed by atoms with van der Waals surface area (Å²) in [6.45, 7) is 2.16. The molecule has 1 aromatic rings. The van der Waals surface area contributed by atoms with Crippen molar-refractivity contribution < 1.29 is 0 Å². The summed E-state index contributed by atoms with van der Waals surface area (Å²) in [7, 11) is 4.46. The van der Waals surface area contributed by atoms with Crippen LogP contribution in [0.1, 0.15) is 36.8 Å². The highest BCUT2D eigenvalue weighted by atomic mass is 15.2. The first-order valence-electron chi connectivity index (χ1n) is 8.12. The van der Waals surface area contributed by atoms with Crippen LogP contribution >= 0.6 is 0 Å². The lowest BCUT2D eigenvalue weighted by atomic mass is 9.82. The summed E-state index contributed by atoms with van der Waals surface area (Å²) in [6, 6.07) is 11.4. The molecule has 3 atom stereocenters. The van der Waals surface area contributed by atoms with Crippen LogP contribution in [0.2, 0.25) is 0 Å². The van der Waals surface area contributed by atoms with Crippen molar-refractivity contribution in [2.75, 3.05) is 14.1 Å². The average Bonchev–Trinajstić information content (AvgIpc) is 2.67. The number of hydrogen-bond acceptors (Lipinski definition) is 2. The molecule has 0 aromatic heterocycles.